The van der Waals surface area contributed by atoms with Crippen LogP contribution in [-0.2, 0) is 16.0 Å². The Hall–Kier alpha value is -2.61. The van der Waals surface area contributed by atoms with Crippen molar-refractivity contribution < 1.29 is 9.59 Å². The molecule has 0 aliphatic rings. The number of nitrogens with one attached hydrogen (secondary N) is 4. The third kappa shape index (κ3) is 3.65. The van der Waals surface area contributed by atoms with Crippen LogP contribution in [0.2, 0.25) is 0 Å². The van der Waals surface area contributed by atoms with Crippen molar-refractivity contribution in [3.63, 3.8) is 0 Å². The van der Waals surface area contributed by atoms with E-state index in [9.17, 15) is 9.59 Å². The normalized spacial score (nSPS) is 12.1. The summed E-state index contributed by atoms with van der Waals surface area (Å²) in [6.07, 6.45) is 5.31. The van der Waals surface area contributed by atoms with Crippen molar-refractivity contribution in [2.45, 2.75) is 19.4 Å². The molecule has 0 radical (unpaired) electrons. The summed E-state index contributed by atoms with van der Waals surface area (Å²) >= 11 is 3.45. The number of nitrogens with zero attached hydrogens (tertiary/aromatic N) is 1. The Kier molecular flexibility index (Phi) is 4.66. The van der Waals surface area contributed by atoms with Crippen molar-refractivity contribution in [2.75, 3.05) is 5.32 Å². The fourth-order valence-electron chi connectivity index (χ4n) is 2.54. The van der Waals surface area contributed by atoms with E-state index in [1.165, 1.54) is 13.1 Å². The first-order chi connectivity index (χ1) is 11.5. The van der Waals surface area contributed by atoms with E-state index in [0.29, 0.717) is 12.1 Å². The molecule has 2 aromatic heterocycles. The Balaban J connectivity index is 1.84. The zero-order chi connectivity index (χ0) is 17.1. The Bertz CT molecular complexity index is 872. The van der Waals surface area contributed by atoms with Gasteiger partial charge in [0, 0.05) is 41.1 Å². The van der Waals surface area contributed by atoms with Gasteiger partial charge in [0.2, 0.25) is 11.8 Å². The third-order valence-corrected chi connectivity index (χ3v) is 4.11. The number of halogens is 1. The Morgan fingerprint density at radius 1 is 1.33 bits per heavy atom. The number of hydrogen-bond acceptors (Lipinski definition) is 3. The minimum Gasteiger partial charge on any atom is -0.361 e. The van der Waals surface area contributed by atoms with Crippen LogP contribution in [0.1, 0.15) is 12.5 Å². The highest BCUT2D eigenvalue weighted by atomic mass is 79.9. The van der Waals surface area contributed by atoms with E-state index >= 15 is 0 Å². The number of benzene rings is 1. The maximum Gasteiger partial charge on any atom is 0.247 e. The molecule has 0 saturated carbocycles. The van der Waals surface area contributed by atoms with Gasteiger partial charge in [0.1, 0.15) is 6.04 Å². The summed E-state index contributed by atoms with van der Waals surface area (Å²) in [7, 11) is 0. The molecule has 124 valence electrons. The van der Waals surface area contributed by atoms with Gasteiger partial charge in [0.05, 0.1) is 11.9 Å². The molecule has 4 N–H and O–H groups in total. The molecule has 0 fully saturated rings. The molecule has 1 aromatic carbocycles. The van der Waals surface area contributed by atoms with Gasteiger partial charge in [-0.1, -0.05) is 15.9 Å². The van der Waals surface area contributed by atoms with E-state index in [0.717, 1.165) is 20.9 Å². The largest absolute Gasteiger partial charge is 0.361 e. The van der Waals surface area contributed by atoms with Gasteiger partial charge in [0.25, 0.3) is 0 Å². The lowest BCUT2D eigenvalue weighted by molar-refractivity contribution is -0.125. The quantitative estimate of drug-likeness (QED) is 0.538. The van der Waals surface area contributed by atoms with Crippen LogP contribution >= 0.6 is 15.9 Å². The lowest BCUT2D eigenvalue weighted by atomic mass is 10.0. The van der Waals surface area contributed by atoms with Crippen molar-refractivity contribution in [3.05, 3.63) is 46.8 Å². The van der Waals surface area contributed by atoms with Gasteiger partial charge in [0.15, 0.2) is 0 Å². The van der Waals surface area contributed by atoms with Crippen LogP contribution in [0.4, 0.5) is 5.69 Å². The zero-order valence-electron chi connectivity index (χ0n) is 12.9. The van der Waals surface area contributed by atoms with E-state index in [1.54, 1.807) is 6.20 Å². The van der Waals surface area contributed by atoms with Crippen LogP contribution in [-0.4, -0.2) is 33.0 Å². The highest BCUT2D eigenvalue weighted by Gasteiger charge is 2.22. The van der Waals surface area contributed by atoms with E-state index in [4.69, 9.17) is 0 Å². The number of fused-ring (bicyclic) bond motifs is 1. The molecule has 0 saturated heterocycles. The van der Waals surface area contributed by atoms with Gasteiger partial charge in [-0.3, -0.25) is 14.7 Å². The van der Waals surface area contributed by atoms with Crippen LogP contribution in [0.25, 0.3) is 10.9 Å². The molecule has 1 unspecified atom stereocenters. The molecule has 0 aliphatic heterocycles. The summed E-state index contributed by atoms with van der Waals surface area (Å²) in [6, 6.07) is 5.21. The topological polar surface area (TPSA) is 103 Å². The highest BCUT2D eigenvalue weighted by Crippen LogP contribution is 2.24. The van der Waals surface area contributed by atoms with Gasteiger partial charge < -0.3 is 15.6 Å². The average molecular weight is 390 g/mol. The summed E-state index contributed by atoms with van der Waals surface area (Å²) in [5.74, 6) is -0.556. The molecule has 0 aliphatic carbocycles. The van der Waals surface area contributed by atoms with Crippen LogP contribution in [0.5, 0.6) is 0 Å². The third-order valence-electron chi connectivity index (χ3n) is 3.61. The fourth-order valence-corrected chi connectivity index (χ4v) is 2.90. The van der Waals surface area contributed by atoms with E-state index in [-0.39, 0.29) is 11.8 Å². The highest BCUT2D eigenvalue weighted by molar-refractivity contribution is 9.10. The number of hydrogen-bond donors (Lipinski definition) is 4. The molecule has 3 rings (SSSR count). The van der Waals surface area contributed by atoms with E-state index < -0.39 is 6.04 Å². The Labute approximate surface area is 146 Å². The minimum absolute atomic E-state index is 0.261. The lowest BCUT2D eigenvalue weighted by Gasteiger charge is -2.16. The van der Waals surface area contributed by atoms with Crippen molar-refractivity contribution >= 4 is 44.3 Å². The maximum absolute atomic E-state index is 12.5. The maximum atomic E-state index is 12.5. The first-order valence-corrected chi connectivity index (χ1v) is 8.14. The first-order valence-electron chi connectivity index (χ1n) is 7.35. The van der Waals surface area contributed by atoms with Gasteiger partial charge >= 0.3 is 0 Å². The van der Waals surface area contributed by atoms with Crippen molar-refractivity contribution in [1.82, 2.24) is 20.5 Å². The van der Waals surface area contributed by atoms with Crippen molar-refractivity contribution in [2.24, 2.45) is 0 Å². The average Bonchev–Trinajstić information content (AvgIpc) is 3.16. The number of carbonyl (C=O) groups is 2. The molecule has 1 atom stereocenters. The Morgan fingerprint density at radius 3 is 2.88 bits per heavy atom. The second-order valence-electron chi connectivity index (χ2n) is 5.44. The van der Waals surface area contributed by atoms with E-state index in [2.05, 4.69) is 41.7 Å². The summed E-state index contributed by atoms with van der Waals surface area (Å²) in [6.45, 7) is 1.39. The number of amides is 2. The van der Waals surface area contributed by atoms with E-state index in [1.807, 2.05) is 24.4 Å². The number of carbonyl (C=O) groups excluding carboxylic acids is 2. The molecule has 8 heteroatoms. The second-order valence-corrected chi connectivity index (χ2v) is 6.35. The predicted octanol–water partition coefficient (Wildman–Crippen LogP) is 2.34. The predicted molar refractivity (Wildman–Crippen MR) is 94.5 cm³/mol. The molecule has 2 amide bonds. The number of anilines is 1. The van der Waals surface area contributed by atoms with Crippen molar-refractivity contribution in [1.29, 1.82) is 0 Å². The molecule has 0 bridgehead atoms. The fraction of sp³-hybridized carbons (Fsp3) is 0.188. The number of H-pyrrole nitrogens is 2. The summed E-state index contributed by atoms with van der Waals surface area (Å²) in [5, 5.41) is 12.9. The minimum atomic E-state index is -0.685. The number of aromatic amines is 2. The Morgan fingerprint density at radius 2 is 2.17 bits per heavy atom. The van der Waals surface area contributed by atoms with Crippen LogP contribution < -0.4 is 10.6 Å². The lowest BCUT2D eigenvalue weighted by Crippen LogP contribution is -2.44. The SMILES string of the molecule is CC(=O)NC(Cc1c[nH]c2ccc(Br)cc12)C(=O)Nc1cn[nH]c1. The van der Waals surface area contributed by atoms with Crippen LogP contribution in [0.3, 0.4) is 0 Å². The van der Waals surface area contributed by atoms with Gasteiger partial charge in [-0.05, 0) is 23.8 Å². The van der Waals surface area contributed by atoms with Gasteiger partial charge in [-0.2, -0.15) is 5.10 Å². The first kappa shape index (κ1) is 16.3. The monoisotopic (exact) mass is 389 g/mol. The second kappa shape index (κ2) is 6.88. The smallest absolute Gasteiger partial charge is 0.247 e. The summed E-state index contributed by atoms with van der Waals surface area (Å²) in [4.78, 5) is 27.1. The summed E-state index contributed by atoms with van der Waals surface area (Å²) < 4.78 is 0.953. The van der Waals surface area contributed by atoms with Gasteiger partial charge in [-0.25, -0.2) is 0 Å². The molecular formula is C16H16BrN5O2. The molecule has 3 aromatic rings. The number of aromatic nitrogens is 3. The standard InChI is InChI=1S/C16H16BrN5O2/c1-9(23)21-15(16(24)22-12-7-19-20-8-12)4-10-6-18-14-3-2-11(17)5-13(10)14/h2-3,5-8,15,18H,4H2,1H3,(H,19,20)(H,21,23)(H,22,24). The van der Waals surface area contributed by atoms with Crippen molar-refractivity contribution in [3.8, 4) is 0 Å². The zero-order valence-corrected chi connectivity index (χ0v) is 14.5. The summed E-state index contributed by atoms with van der Waals surface area (Å²) in [5.41, 5.74) is 2.48. The molecule has 2 heterocycles. The molecule has 0 spiro atoms. The molecule has 7 nitrogen and oxygen atoms in total. The molecular weight excluding hydrogens is 374 g/mol. The van der Waals surface area contributed by atoms with Crippen LogP contribution in [0, 0.1) is 0 Å². The van der Waals surface area contributed by atoms with Gasteiger partial charge in [-0.15, -0.1) is 0 Å². The van der Waals surface area contributed by atoms with Crippen LogP contribution in [0.15, 0.2) is 41.3 Å². The molecule has 24 heavy (non-hydrogen) atoms. The number of rotatable bonds is 5.